The molecule has 1 fully saturated rings. The molecule has 110 valence electrons. The molecule has 0 unspecified atom stereocenters. The van der Waals surface area contributed by atoms with Gasteiger partial charge in [-0.3, -0.25) is 4.79 Å². The molecule has 1 aliphatic rings. The van der Waals surface area contributed by atoms with Crippen molar-refractivity contribution < 1.29 is 4.79 Å². The fourth-order valence-electron chi connectivity index (χ4n) is 1.86. The van der Waals surface area contributed by atoms with Crippen LogP contribution >= 0.6 is 11.8 Å². The minimum atomic E-state index is 0.0706. The molecule has 1 heterocycles. The smallest absolute Gasteiger partial charge is 0.228 e. The first-order valence-corrected chi connectivity index (χ1v) is 8.21. The molecule has 1 aliphatic carbocycles. The van der Waals surface area contributed by atoms with Crippen LogP contribution in [0.15, 0.2) is 17.2 Å². The Balaban J connectivity index is 1.74. The maximum atomic E-state index is 11.6. The van der Waals surface area contributed by atoms with Crippen LogP contribution in [-0.2, 0) is 4.79 Å². The Morgan fingerprint density at radius 3 is 2.65 bits per heavy atom. The van der Waals surface area contributed by atoms with Gasteiger partial charge in [0.2, 0.25) is 5.91 Å². The van der Waals surface area contributed by atoms with Crippen molar-refractivity contribution in [3.05, 3.63) is 12.1 Å². The van der Waals surface area contributed by atoms with Crippen molar-refractivity contribution in [1.29, 1.82) is 0 Å². The number of rotatable bonds is 8. The molecule has 1 aromatic rings. The van der Waals surface area contributed by atoms with E-state index >= 15 is 0 Å². The van der Waals surface area contributed by atoms with Gasteiger partial charge in [-0.15, -0.1) is 22.0 Å². The molecule has 0 saturated heterocycles. The number of carbonyl (C=O) groups is 1. The first kappa shape index (κ1) is 15.3. The van der Waals surface area contributed by atoms with E-state index in [0.29, 0.717) is 5.82 Å². The lowest BCUT2D eigenvalue weighted by Crippen LogP contribution is -2.25. The lowest BCUT2D eigenvalue weighted by Gasteiger charge is -2.16. The van der Waals surface area contributed by atoms with Gasteiger partial charge >= 0.3 is 0 Å². The van der Waals surface area contributed by atoms with Gasteiger partial charge in [0.25, 0.3) is 0 Å². The predicted octanol–water partition coefficient (Wildman–Crippen LogP) is 2.26. The second-order valence-corrected chi connectivity index (χ2v) is 6.01. The van der Waals surface area contributed by atoms with E-state index in [2.05, 4.69) is 34.3 Å². The van der Waals surface area contributed by atoms with Crippen molar-refractivity contribution >= 4 is 23.5 Å². The van der Waals surface area contributed by atoms with Crippen LogP contribution in [-0.4, -0.2) is 46.4 Å². The van der Waals surface area contributed by atoms with Crippen LogP contribution in [0.2, 0.25) is 0 Å². The van der Waals surface area contributed by atoms with Crippen LogP contribution in [0.4, 0.5) is 5.82 Å². The highest BCUT2D eigenvalue weighted by Gasteiger charge is 2.29. The van der Waals surface area contributed by atoms with Gasteiger partial charge in [-0.2, -0.15) is 0 Å². The number of nitrogens with zero attached hydrogens (tertiary/aromatic N) is 3. The number of thioether (sulfide) groups is 1. The second kappa shape index (κ2) is 7.59. The molecule has 1 aromatic heterocycles. The van der Waals surface area contributed by atoms with Crippen LogP contribution in [0.3, 0.4) is 0 Å². The molecule has 1 amide bonds. The Hall–Kier alpha value is -1.14. The first-order chi connectivity index (χ1) is 9.72. The molecule has 6 heteroatoms. The zero-order valence-corrected chi connectivity index (χ0v) is 12.9. The largest absolute Gasteiger partial charge is 0.309 e. The molecule has 2 rings (SSSR count). The summed E-state index contributed by atoms with van der Waals surface area (Å²) >= 11 is 1.70. The summed E-state index contributed by atoms with van der Waals surface area (Å²) in [5, 5.41) is 11.9. The van der Waals surface area contributed by atoms with Gasteiger partial charge in [-0.05, 0) is 38.1 Å². The zero-order chi connectivity index (χ0) is 14.4. The molecule has 0 spiro atoms. The number of hydrogen-bond donors (Lipinski definition) is 1. The summed E-state index contributed by atoms with van der Waals surface area (Å²) in [6.07, 6.45) is 2.00. The highest BCUT2D eigenvalue weighted by Crippen LogP contribution is 2.29. The normalized spacial score (nSPS) is 14.6. The van der Waals surface area contributed by atoms with Gasteiger partial charge in [0.1, 0.15) is 5.03 Å². The van der Waals surface area contributed by atoms with E-state index in [1.807, 2.05) is 12.1 Å². The summed E-state index contributed by atoms with van der Waals surface area (Å²) in [5.41, 5.74) is 0. The van der Waals surface area contributed by atoms with Crippen molar-refractivity contribution in [2.24, 2.45) is 5.92 Å². The van der Waals surface area contributed by atoms with Crippen LogP contribution < -0.4 is 5.32 Å². The van der Waals surface area contributed by atoms with Gasteiger partial charge in [-0.25, -0.2) is 0 Å². The number of aromatic nitrogens is 2. The number of hydrogen-bond acceptors (Lipinski definition) is 5. The van der Waals surface area contributed by atoms with E-state index in [1.165, 1.54) is 0 Å². The summed E-state index contributed by atoms with van der Waals surface area (Å²) < 4.78 is 0. The number of carbonyl (C=O) groups excluding carboxylic acids is 1. The van der Waals surface area contributed by atoms with Gasteiger partial charge in [0.15, 0.2) is 5.82 Å². The molecule has 1 N–H and O–H groups in total. The highest BCUT2D eigenvalue weighted by atomic mass is 32.2. The van der Waals surface area contributed by atoms with E-state index in [0.717, 1.165) is 43.3 Å². The van der Waals surface area contributed by atoms with Crippen molar-refractivity contribution in [2.75, 3.05) is 30.7 Å². The molecular formula is C14H22N4OS. The van der Waals surface area contributed by atoms with Crippen LogP contribution in [0.25, 0.3) is 0 Å². The molecule has 0 aromatic carbocycles. The Bertz CT molecular complexity index is 429. The van der Waals surface area contributed by atoms with Crippen molar-refractivity contribution in [1.82, 2.24) is 15.1 Å². The summed E-state index contributed by atoms with van der Waals surface area (Å²) in [5.74, 6) is 1.82. The van der Waals surface area contributed by atoms with Crippen LogP contribution in [0.5, 0.6) is 0 Å². The molecule has 0 aliphatic heterocycles. The van der Waals surface area contributed by atoms with Crippen molar-refractivity contribution in [2.45, 2.75) is 31.7 Å². The quantitative estimate of drug-likeness (QED) is 0.745. The highest BCUT2D eigenvalue weighted by molar-refractivity contribution is 7.99. The third-order valence-electron chi connectivity index (χ3n) is 3.39. The summed E-state index contributed by atoms with van der Waals surface area (Å²) in [6, 6.07) is 3.75. The average molecular weight is 294 g/mol. The van der Waals surface area contributed by atoms with Crippen LogP contribution in [0, 0.1) is 5.92 Å². The monoisotopic (exact) mass is 294 g/mol. The first-order valence-electron chi connectivity index (χ1n) is 7.22. The minimum Gasteiger partial charge on any atom is -0.309 e. The Kier molecular flexibility index (Phi) is 5.79. The Labute approximate surface area is 124 Å². The lowest BCUT2D eigenvalue weighted by atomic mass is 10.4. The molecule has 0 atom stereocenters. The third-order valence-corrected chi connectivity index (χ3v) is 4.29. The van der Waals surface area contributed by atoms with E-state index in [1.54, 1.807) is 11.8 Å². The predicted molar refractivity (Wildman–Crippen MR) is 81.9 cm³/mol. The fourth-order valence-corrected chi connectivity index (χ4v) is 2.68. The van der Waals surface area contributed by atoms with E-state index in [9.17, 15) is 4.79 Å². The summed E-state index contributed by atoms with van der Waals surface area (Å²) in [4.78, 5) is 14.0. The molecule has 5 nitrogen and oxygen atoms in total. The molecule has 1 saturated carbocycles. The molecule has 20 heavy (non-hydrogen) atoms. The maximum absolute atomic E-state index is 11.6. The fraction of sp³-hybridized carbons (Fsp3) is 0.643. The lowest BCUT2D eigenvalue weighted by molar-refractivity contribution is -0.117. The van der Waals surface area contributed by atoms with Crippen molar-refractivity contribution in [3.8, 4) is 0 Å². The second-order valence-electron chi connectivity index (χ2n) is 4.90. The Morgan fingerprint density at radius 2 is 2.10 bits per heavy atom. The maximum Gasteiger partial charge on any atom is 0.228 e. The standard InChI is InChI=1S/C14H22N4OS/c1-3-18(4-2)9-10-20-13-8-7-12(16-17-13)15-14(19)11-5-6-11/h7-8,11H,3-6,9-10H2,1-2H3,(H,15,16,19). The number of anilines is 1. The summed E-state index contributed by atoms with van der Waals surface area (Å²) in [6.45, 7) is 7.56. The van der Waals surface area contributed by atoms with Gasteiger partial charge in [0, 0.05) is 18.2 Å². The molecule has 0 bridgehead atoms. The van der Waals surface area contributed by atoms with E-state index < -0.39 is 0 Å². The van der Waals surface area contributed by atoms with E-state index in [4.69, 9.17) is 0 Å². The Morgan fingerprint density at radius 1 is 1.35 bits per heavy atom. The van der Waals surface area contributed by atoms with Crippen LogP contribution in [0.1, 0.15) is 26.7 Å². The SMILES string of the molecule is CCN(CC)CCSc1ccc(NC(=O)C2CC2)nn1. The van der Waals surface area contributed by atoms with Crippen molar-refractivity contribution in [3.63, 3.8) is 0 Å². The van der Waals surface area contributed by atoms with E-state index in [-0.39, 0.29) is 11.8 Å². The topological polar surface area (TPSA) is 58.1 Å². The number of amides is 1. The van der Waals surface area contributed by atoms with Gasteiger partial charge in [0.05, 0.1) is 0 Å². The third kappa shape index (κ3) is 4.76. The average Bonchev–Trinajstić information content (AvgIpc) is 3.30. The van der Waals surface area contributed by atoms with Gasteiger partial charge < -0.3 is 10.2 Å². The molecule has 0 radical (unpaired) electrons. The summed E-state index contributed by atoms with van der Waals surface area (Å²) in [7, 11) is 0. The number of nitrogens with one attached hydrogen (secondary N) is 1. The molecular weight excluding hydrogens is 272 g/mol. The minimum absolute atomic E-state index is 0.0706. The zero-order valence-electron chi connectivity index (χ0n) is 12.1. The van der Waals surface area contributed by atoms with Gasteiger partial charge in [-0.1, -0.05) is 13.8 Å².